The van der Waals surface area contributed by atoms with E-state index in [2.05, 4.69) is 28.6 Å². The van der Waals surface area contributed by atoms with Gasteiger partial charge in [-0.25, -0.2) is 4.98 Å². The molecule has 0 saturated carbocycles. The molecular formula is C21H23N3O3S. The van der Waals surface area contributed by atoms with Crippen LogP contribution < -0.4 is 20.1 Å². The van der Waals surface area contributed by atoms with Crippen LogP contribution >= 0.6 is 11.3 Å². The zero-order chi connectivity index (χ0) is 20.3. The number of methoxy groups -OCH3 is 2. The number of ether oxygens (including phenoxy) is 2. The Bertz CT molecular complexity index is 992. The maximum Gasteiger partial charge on any atom is 0.267 e. The van der Waals surface area contributed by atoms with Crippen molar-refractivity contribution in [2.45, 2.75) is 20.8 Å². The fraction of sp³-hybridized carbons (Fsp3) is 0.238. The number of anilines is 3. The van der Waals surface area contributed by atoms with Crippen LogP contribution in [0.4, 0.5) is 16.5 Å². The van der Waals surface area contributed by atoms with Gasteiger partial charge in [-0.05, 0) is 32.4 Å². The van der Waals surface area contributed by atoms with Crippen LogP contribution in [-0.2, 0) is 0 Å². The summed E-state index contributed by atoms with van der Waals surface area (Å²) in [5, 5.41) is 6.87. The first-order chi connectivity index (χ1) is 13.4. The van der Waals surface area contributed by atoms with Crippen molar-refractivity contribution in [1.82, 2.24) is 4.98 Å². The van der Waals surface area contributed by atoms with Gasteiger partial charge in [0.2, 0.25) is 0 Å². The monoisotopic (exact) mass is 397 g/mol. The Morgan fingerprint density at radius 2 is 1.68 bits per heavy atom. The van der Waals surface area contributed by atoms with Gasteiger partial charge in [0, 0.05) is 29.6 Å². The molecule has 3 aromatic rings. The number of thiazole rings is 1. The zero-order valence-electron chi connectivity index (χ0n) is 16.5. The van der Waals surface area contributed by atoms with Crippen molar-refractivity contribution in [1.29, 1.82) is 0 Å². The molecule has 0 bridgehead atoms. The van der Waals surface area contributed by atoms with Crippen molar-refractivity contribution in [3.63, 3.8) is 0 Å². The van der Waals surface area contributed by atoms with Crippen molar-refractivity contribution in [2.75, 3.05) is 24.9 Å². The van der Waals surface area contributed by atoms with Crippen LogP contribution in [-0.4, -0.2) is 25.1 Å². The molecule has 3 rings (SSSR count). The summed E-state index contributed by atoms with van der Waals surface area (Å²) in [7, 11) is 3.14. The molecule has 0 aliphatic carbocycles. The number of amides is 1. The Kier molecular flexibility index (Phi) is 5.84. The Hall–Kier alpha value is -3.06. The molecular weight excluding hydrogens is 374 g/mol. The number of nitrogens with zero attached hydrogens (tertiary/aromatic N) is 1. The normalized spacial score (nSPS) is 10.5. The quantitative estimate of drug-likeness (QED) is 0.607. The van der Waals surface area contributed by atoms with Crippen molar-refractivity contribution in [2.24, 2.45) is 0 Å². The van der Waals surface area contributed by atoms with Gasteiger partial charge in [0.1, 0.15) is 16.4 Å². The van der Waals surface area contributed by atoms with Crippen molar-refractivity contribution < 1.29 is 14.3 Å². The molecule has 0 aliphatic heterocycles. The molecule has 6 nitrogen and oxygen atoms in total. The van der Waals surface area contributed by atoms with Crippen LogP contribution in [0.2, 0.25) is 0 Å². The standard InChI is InChI=1S/C21H23N3O3S/c1-12-6-7-18(13(2)8-12)24-21-22-14(3)19(28-21)20(25)23-15-9-16(26-4)11-17(10-15)27-5/h6-11H,1-5H3,(H,22,24)(H,23,25). The van der Waals surface area contributed by atoms with Gasteiger partial charge in [-0.2, -0.15) is 0 Å². The summed E-state index contributed by atoms with van der Waals surface area (Å²) in [4.78, 5) is 17.8. The summed E-state index contributed by atoms with van der Waals surface area (Å²) >= 11 is 1.32. The molecule has 2 N–H and O–H groups in total. The van der Waals surface area contributed by atoms with Crippen LogP contribution in [0.15, 0.2) is 36.4 Å². The van der Waals surface area contributed by atoms with E-state index in [0.717, 1.165) is 11.3 Å². The fourth-order valence-electron chi connectivity index (χ4n) is 2.80. The molecule has 28 heavy (non-hydrogen) atoms. The van der Waals surface area contributed by atoms with E-state index in [1.165, 1.54) is 16.9 Å². The van der Waals surface area contributed by atoms with Gasteiger partial charge in [0.15, 0.2) is 5.13 Å². The van der Waals surface area contributed by atoms with Crippen molar-refractivity contribution in [3.8, 4) is 11.5 Å². The fourth-order valence-corrected chi connectivity index (χ4v) is 3.67. The van der Waals surface area contributed by atoms with E-state index < -0.39 is 0 Å². The van der Waals surface area contributed by atoms with Crippen LogP contribution in [0.1, 0.15) is 26.5 Å². The Morgan fingerprint density at radius 3 is 2.29 bits per heavy atom. The summed E-state index contributed by atoms with van der Waals surface area (Å²) in [6, 6.07) is 11.4. The smallest absolute Gasteiger partial charge is 0.267 e. The SMILES string of the molecule is COc1cc(NC(=O)c2sc(Nc3ccc(C)cc3C)nc2C)cc(OC)c1. The minimum Gasteiger partial charge on any atom is -0.497 e. The van der Waals surface area contributed by atoms with Gasteiger partial charge >= 0.3 is 0 Å². The topological polar surface area (TPSA) is 72.5 Å². The average Bonchev–Trinajstić information content (AvgIpc) is 3.04. The Morgan fingerprint density at radius 1 is 1.00 bits per heavy atom. The lowest BCUT2D eigenvalue weighted by molar-refractivity contribution is 0.103. The number of hydrogen-bond donors (Lipinski definition) is 2. The third-order valence-electron chi connectivity index (χ3n) is 4.24. The van der Waals surface area contributed by atoms with Gasteiger partial charge in [-0.1, -0.05) is 29.0 Å². The Labute approximate surface area is 168 Å². The summed E-state index contributed by atoms with van der Waals surface area (Å²) < 4.78 is 10.5. The summed E-state index contributed by atoms with van der Waals surface area (Å²) in [6.45, 7) is 5.92. The predicted octanol–water partition coefficient (Wildman–Crippen LogP) is 5.08. The van der Waals surface area contributed by atoms with Gasteiger partial charge in [-0.3, -0.25) is 4.79 Å². The second-order valence-electron chi connectivity index (χ2n) is 6.43. The predicted molar refractivity (Wildman–Crippen MR) is 114 cm³/mol. The van der Waals surface area contributed by atoms with Gasteiger partial charge in [0.05, 0.1) is 19.9 Å². The zero-order valence-corrected chi connectivity index (χ0v) is 17.4. The van der Waals surface area contributed by atoms with E-state index in [4.69, 9.17) is 9.47 Å². The van der Waals surface area contributed by atoms with Gasteiger partial charge in [0.25, 0.3) is 5.91 Å². The number of carbonyl (C=O) groups is 1. The summed E-state index contributed by atoms with van der Waals surface area (Å²) in [5.74, 6) is 0.986. The van der Waals surface area contributed by atoms with Crippen molar-refractivity contribution in [3.05, 3.63) is 58.1 Å². The third-order valence-corrected chi connectivity index (χ3v) is 5.31. The molecule has 0 unspecified atom stereocenters. The van der Waals surface area contributed by atoms with E-state index in [0.29, 0.717) is 32.9 Å². The second-order valence-corrected chi connectivity index (χ2v) is 7.43. The van der Waals surface area contributed by atoms with Gasteiger partial charge < -0.3 is 20.1 Å². The minimum absolute atomic E-state index is 0.223. The molecule has 1 amide bonds. The largest absolute Gasteiger partial charge is 0.497 e. The molecule has 0 radical (unpaired) electrons. The molecule has 1 heterocycles. The maximum absolute atomic E-state index is 12.8. The first kappa shape index (κ1) is 19.7. The number of rotatable bonds is 6. The van der Waals surface area contributed by atoms with Crippen LogP contribution in [0, 0.1) is 20.8 Å². The lowest BCUT2D eigenvalue weighted by atomic mass is 10.1. The van der Waals surface area contributed by atoms with E-state index in [1.807, 2.05) is 26.0 Å². The van der Waals surface area contributed by atoms with Gasteiger partial charge in [-0.15, -0.1) is 0 Å². The van der Waals surface area contributed by atoms with Crippen LogP contribution in [0.5, 0.6) is 11.5 Å². The first-order valence-electron chi connectivity index (χ1n) is 8.75. The van der Waals surface area contributed by atoms with E-state index >= 15 is 0 Å². The van der Waals surface area contributed by atoms with Crippen molar-refractivity contribution >= 4 is 33.8 Å². The highest BCUT2D eigenvalue weighted by atomic mass is 32.1. The van der Waals surface area contributed by atoms with Crippen LogP contribution in [0.25, 0.3) is 0 Å². The molecule has 7 heteroatoms. The highest BCUT2D eigenvalue weighted by Crippen LogP contribution is 2.30. The first-order valence-corrected chi connectivity index (χ1v) is 9.57. The molecule has 146 valence electrons. The Balaban J connectivity index is 1.80. The number of hydrogen-bond acceptors (Lipinski definition) is 6. The molecule has 1 aromatic heterocycles. The third kappa shape index (κ3) is 4.43. The molecule has 0 saturated heterocycles. The number of aromatic nitrogens is 1. The molecule has 0 fully saturated rings. The van der Waals surface area contributed by atoms with E-state index in [9.17, 15) is 4.79 Å². The van der Waals surface area contributed by atoms with Crippen LogP contribution in [0.3, 0.4) is 0 Å². The van der Waals surface area contributed by atoms with E-state index in [-0.39, 0.29) is 5.91 Å². The average molecular weight is 398 g/mol. The highest BCUT2D eigenvalue weighted by Gasteiger charge is 2.17. The molecule has 0 atom stereocenters. The molecule has 2 aromatic carbocycles. The second kappa shape index (κ2) is 8.31. The number of nitrogens with one attached hydrogen (secondary N) is 2. The lowest BCUT2D eigenvalue weighted by Crippen LogP contribution is -2.11. The maximum atomic E-state index is 12.8. The number of aryl methyl sites for hydroxylation is 3. The number of carbonyl (C=O) groups excluding carboxylic acids is 1. The molecule has 0 spiro atoms. The minimum atomic E-state index is -0.223. The lowest BCUT2D eigenvalue weighted by Gasteiger charge is -2.09. The number of benzene rings is 2. The summed E-state index contributed by atoms with van der Waals surface area (Å²) in [5.41, 5.74) is 4.57. The highest BCUT2D eigenvalue weighted by molar-refractivity contribution is 7.17. The molecule has 0 aliphatic rings. The van der Waals surface area contributed by atoms with E-state index in [1.54, 1.807) is 32.4 Å². The summed E-state index contributed by atoms with van der Waals surface area (Å²) in [6.07, 6.45) is 0.